The lowest BCUT2D eigenvalue weighted by molar-refractivity contribution is -0.150. The van der Waals surface area contributed by atoms with E-state index in [2.05, 4.69) is 44.1 Å². The maximum atomic E-state index is 15.0. The summed E-state index contributed by atoms with van der Waals surface area (Å²) in [5, 5.41) is 29.9. The number of rotatable bonds is 32. The van der Waals surface area contributed by atoms with Gasteiger partial charge in [0.2, 0.25) is 59.1 Å². The van der Waals surface area contributed by atoms with E-state index in [9.17, 15) is 53.1 Å². The third-order valence-electron chi connectivity index (χ3n) is 16.1. The second kappa shape index (κ2) is 33.0. The predicted molar refractivity (Wildman–Crippen MR) is 311 cm³/mol. The van der Waals surface area contributed by atoms with E-state index < -0.39 is 125 Å². The first-order chi connectivity index (χ1) is 39.2. The zero-order valence-electron chi connectivity index (χ0n) is 50.4. The molecule has 10 atom stereocenters. The van der Waals surface area contributed by atoms with Crippen LogP contribution in [-0.2, 0) is 59.2 Å². The van der Waals surface area contributed by atoms with Crippen LogP contribution in [0.3, 0.4) is 0 Å². The van der Waals surface area contributed by atoms with Gasteiger partial charge in [0.25, 0.3) is 0 Å². The molecule has 24 nitrogen and oxygen atoms in total. The van der Waals surface area contributed by atoms with Crippen LogP contribution >= 0.6 is 0 Å². The van der Waals surface area contributed by atoms with Crippen LogP contribution in [-0.4, -0.2) is 178 Å². The van der Waals surface area contributed by atoms with Crippen molar-refractivity contribution < 1.29 is 57.8 Å². The summed E-state index contributed by atoms with van der Waals surface area (Å²) in [7, 11) is 1.38. The summed E-state index contributed by atoms with van der Waals surface area (Å²) in [5.74, 6) is -8.69. The van der Waals surface area contributed by atoms with Crippen molar-refractivity contribution in [1.82, 2.24) is 51.9 Å². The number of amides is 10. The maximum absolute atomic E-state index is 15.0. The van der Waals surface area contributed by atoms with Gasteiger partial charge in [-0.3, -0.25) is 52.7 Å². The number of primary amides is 1. The Balaban J connectivity index is 1.57. The van der Waals surface area contributed by atoms with Crippen LogP contribution in [0.25, 0.3) is 0 Å². The van der Waals surface area contributed by atoms with Crippen molar-refractivity contribution in [2.24, 2.45) is 29.2 Å². The molecule has 4 rings (SSSR count). The quantitative estimate of drug-likeness (QED) is 0.0452. The number of unbranched alkanes of at least 4 members (excludes halogenated alkanes) is 4. The fraction of sp³-hybridized carbons (Fsp3) is 0.712. The molecule has 0 aromatic heterocycles. The smallest absolute Gasteiger partial charge is 0.305 e. The molecule has 3 saturated heterocycles. The number of hydrogen-bond acceptors (Lipinski definition) is 13. The lowest BCUT2D eigenvalue weighted by atomic mass is 9.85. The minimum Gasteiger partial charge on any atom is -0.481 e. The van der Waals surface area contributed by atoms with Gasteiger partial charge in [-0.05, 0) is 94.7 Å². The van der Waals surface area contributed by atoms with E-state index in [1.807, 2.05) is 40.7 Å². The third kappa shape index (κ3) is 20.3. The molecule has 3 fully saturated rings. The highest BCUT2D eigenvalue weighted by Gasteiger charge is 2.48. The summed E-state index contributed by atoms with van der Waals surface area (Å²) in [6, 6.07) is -1.32. The summed E-state index contributed by atoms with van der Waals surface area (Å²) in [6.07, 6.45) is 5.69. The molecule has 464 valence electrons. The lowest BCUT2D eigenvalue weighted by Crippen LogP contribution is -2.67. The number of hydrogen-bond donors (Lipinski definition) is 10. The Morgan fingerprint density at radius 1 is 0.747 bits per heavy atom. The molecule has 3 heterocycles. The summed E-state index contributed by atoms with van der Waals surface area (Å²) < 4.78 is 0. The van der Waals surface area contributed by atoms with E-state index in [-0.39, 0.29) is 88.1 Å². The molecule has 24 heteroatoms. The molecule has 0 spiro atoms. The second-order valence-corrected chi connectivity index (χ2v) is 23.9. The van der Waals surface area contributed by atoms with Crippen molar-refractivity contribution in [1.29, 1.82) is 0 Å². The van der Waals surface area contributed by atoms with Crippen LogP contribution in [0.5, 0.6) is 0 Å². The Labute approximate surface area is 489 Å². The SMILES string of the molecule is CCCCCCCC(=O)N[C@H](C)C(=O)N[C@@H](Cc1ccccc1)C(=O)NC1(C(=O)N[C@@H](CC(C)C)C(=O)N2C[C@H](N)C[C@H]2C(=O)N(C)[C@@H](CC(C)C)C(=O)N[C@@H](CC(=O)O)C(=O)N2CCC[C@H]2C(=O)N[C@H](C(N)=O)[C@@H](C)CC)CCNCC1. The average molecular weight is 1170 g/mol. The van der Waals surface area contributed by atoms with Crippen molar-refractivity contribution in [2.75, 3.05) is 33.2 Å². The first-order valence-corrected chi connectivity index (χ1v) is 30.0. The molecule has 0 bridgehead atoms. The highest BCUT2D eigenvalue weighted by Crippen LogP contribution is 2.27. The summed E-state index contributed by atoms with van der Waals surface area (Å²) in [6.45, 7) is 15.2. The van der Waals surface area contributed by atoms with Gasteiger partial charge in [-0.25, -0.2) is 0 Å². The van der Waals surface area contributed by atoms with Crippen molar-refractivity contribution in [3.8, 4) is 0 Å². The number of benzene rings is 1. The van der Waals surface area contributed by atoms with Gasteiger partial charge in [-0.15, -0.1) is 0 Å². The highest BCUT2D eigenvalue weighted by molar-refractivity contribution is 6.00. The molecule has 83 heavy (non-hydrogen) atoms. The molecule has 0 saturated carbocycles. The molecule has 12 N–H and O–H groups in total. The van der Waals surface area contributed by atoms with Crippen molar-refractivity contribution in [3.05, 3.63) is 35.9 Å². The van der Waals surface area contributed by atoms with Gasteiger partial charge in [-0.2, -0.15) is 0 Å². The minimum atomic E-state index is -1.66. The number of carbonyl (C=O) groups is 11. The molecule has 3 aliphatic heterocycles. The number of carboxylic acid groups (broad SMARTS) is 1. The second-order valence-electron chi connectivity index (χ2n) is 23.9. The standard InChI is InChI=1S/C59H96N12O12/c1-10-12-13-14-18-23-47(72)63-38(8)51(76)64-41(31-39-20-16-15-17-21-39)52(77)68-59(24-26-62-27-25-59)58(83)66-42(29-35(3)4)56(81)71-34-40(60)32-46(71)57(82)69(9)45(30-36(5)6)54(79)65-43(33-48(73)74)55(80)70-28-19-22-44(70)53(78)67-49(50(61)75)37(7)11-2/h15-17,20-21,35-38,40-46,49,62H,10-14,18-19,22-34,60H2,1-9H3,(H2,61,75)(H,63,72)(H,64,76)(H,65,79)(H,66,83)(H,67,78)(H,68,77)(H,73,74)/t37-,38+,40+,41-,42-,43-,44-,45-,46-,49-/m0/s1. The molecule has 1 aromatic rings. The Hall–Kier alpha value is -6.69. The summed E-state index contributed by atoms with van der Waals surface area (Å²) in [5.41, 5.74) is 11.3. The Bertz CT molecular complexity index is 2400. The first-order valence-electron chi connectivity index (χ1n) is 30.0. The average Bonchev–Trinajstić information content (AvgIpc) is 4.14. The Kier molecular flexibility index (Phi) is 27.3. The zero-order valence-corrected chi connectivity index (χ0v) is 50.4. The molecule has 3 aliphatic rings. The summed E-state index contributed by atoms with van der Waals surface area (Å²) in [4.78, 5) is 156. The molecular weight excluding hydrogens is 1070 g/mol. The van der Waals surface area contributed by atoms with E-state index >= 15 is 4.79 Å². The van der Waals surface area contributed by atoms with Gasteiger partial charge >= 0.3 is 5.97 Å². The molecule has 1 aromatic carbocycles. The number of nitrogens with one attached hydrogen (secondary N) is 7. The third-order valence-corrected chi connectivity index (χ3v) is 16.1. The van der Waals surface area contributed by atoms with Gasteiger partial charge in [0, 0.05) is 39.0 Å². The van der Waals surface area contributed by atoms with E-state index in [1.54, 1.807) is 38.1 Å². The van der Waals surface area contributed by atoms with Gasteiger partial charge in [0.15, 0.2) is 0 Å². The zero-order chi connectivity index (χ0) is 61.7. The van der Waals surface area contributed by atoms with Gasteiger partial charge in [0.05, 0.1) is 6.42 Å². The molecule has 10 amide bonds. The minimum absolute atomic E-state index is 0.0129. The van der Waals surface area contributed by atoms with Gasteiger partial charge < -0.3 is 68.5 Å². The fourth-order valence-electron chi connectivity index (χ4n) is 11.1. The van der Waals surface area contributed by atoms with E-state index in [0.717, 1.165) is 36.1 Å². The van der Waals surface area contributed by atoms with Crippen LogP contribution < -0.4 is 48.7 Å². The maximum Gasteiger partial charge on any atom is 0.305 e. The molecule has 0 radical (unpaired) electrons. The normalized spacial score (nSPS) is 20.2. The number of likely N-dealkylation sites (N-methyl/N-ethyl adjacent to an activating group) is 1. The number of carboxylic acids is 1. The lowest BCUT2D eigenvalue weighted by Gasteiger charge is -2.40. The van der Waals surface area contributed by atoms with Crippen LogP contribution in [0.4, 0.5) is 0 Å². The van der Waals surface area contributed by atoms with E-state index in [4.69, 9.17) is 11.5 Å². The number of carbonyl (C=O) groups excluding carboxylic acids is 10. The van der Waals surface area contributed by atoms with Crippen molar-refractivity contribution >= 4 is 65.0 Å². The van der Waals surface area contributed by atoms with Crippen LogP contribution in [0.15, 0.2) is 30.3 Å². The Morgan fingerprint density at radius 2 is 1.37 bits per heavy atom. The largest absolute Gasteiger partial charge is 0.481 e. The number of likely N-dealkylation sites (tertiary alicyclic amines) is 2. The molecule has 0 aliphatic carbocycles. The Morgan fingerprint density at radius 3 is 1.98 bits per heavy atom. The monoisotopic (exact) mass is 1160 g/mol. The number of nitrogens with zero attached hydrogens (tertiary/aromatic N) is 3. The topological polar surface area (TPSA) is 354 Å². The van der Waals surface area contributed by atoms with Gasteiger partial charge in [-0.1, -0.05) is 111 Å². The number of nitrogens with two attached hydrogens (primary N) is 2. The fourth-order valence-corrected chi connectivity index (χ4v) is 11.1. The van der Waals surface area contributed by atoms with Crippen LogP contribution in [0.1, 0.15) is 157 Å². The number of piperidine rings is 1. The number of aliphatic carboxylic acids is 1. The van der Waals surface area contributed by atoms with Crippen LogP contribution in [0, 0.1) is 17.8 Å². The molecular formula is C59H96N12O12. The molecule has 0 unspecified atom stereocenters. The highest BCUT2D eigenvalue weighted by atomic mass is 16.4. The van der Waals surface area contributed by atoms with Crippen molar-refractivity contribution in [3.63, 3.8) is 0 Å². The van der Waals surface area contributed by atoms with Crippen molar-refractivity contribution in [2.45, 2.75) is 218 Å². The first kappa shape index (κ1) is 68.8. The summed E-state index contributed by atoms with van der Waals surface area (Å²) >= 11 is 0. The van der Waals surface area contributed by atoms with E-state index in [0.29, 0.717) is 32.4 Å². The predicted octanol–water partition coefficient (Wildman–Crippen LogP) is 1.12. The van der Waals surface area contributed by atoms with Gasteiger partial charge in [0.1, 0.15) is 53.9 Å². The van der Waals surface area contributed by atoms with Crippen LogP contribution in [0.2, 0.25) is 0 Å². The van der Waals surface area contributed by atoms with E-state index in [1.165, 1.54) is 16.8 Å².